The third kappa shape index (κ3) is 9.45. The Kier molecular flexibility index (Phi) is 9.86. The van der Waals surface area contributed by atoms with E-state index in [0.29, 0.717) is 13.2 Å². The van der Waals surface area contributed by atoms with Crippen LogP contribution in [0.15, 0.2) is 24.3 Å². The highest BCUT2D eigenvalue weighted by Gasteiger charge is 2.19. The Labute approximate surface area is 177 Å². The van der Waals surface area contributed by atoms with Crippen molar-refractivity contribution in [1.82, 2.24) is 20.0 Å². The number of ether oxygens (including phenoxy) is 1. The van der Waals surface area contributed by atoms with Crippen LogP contribution >= 0.6 is 0 Å². The van der Waals surface area contributed by atoms with Gasteiger partial charge in [0.25, 0.3) is 0 Å². The van der Waals surface area contributed by atoms with Crippen LogP contribution in [0.25, 0.3) is 0 Å². The summed E-state index contributed by atoms with van der Waals surface area (Å²) >= 11 is 0. The van der Waals surface area contributed by atoms with Crippen LogP contribution in [0.1, 0.15) is 26.3 Å². The van der Waals surface area contributed by atoms with Gasteiger partial charge < -0.3 is 25.0 Å². The Bertz CT molecular complexity index is 586. The van der Waals surface area contributed by atoms with Gasteiger partial charge in [-0.3, -0.25) is 4.90 Å². The van der Waals surface area contributed by atoms with Crippen LogP contribution in [0.2, 0.25) is 0 Å². The first-order valence-electron chi connectivity index (χ1n) is 11.0. The van der Waals surface area contributed by atoms with Gasteiger partial charge in [0.2, 0.25) is 0 Å². The Balaban J connectivity index is 1.71. The molecule has 2 N–H and O–H groups in total. The lowest BCUT2D eigenvalue weighted by atomic mass is 9.93. The Morgan fingerprint density at radius 1 is 1.17 bits per heavy atom. The number of hydrogen-bond acceptors (Lipinski definition) is 6. The van der Waals surface area contributed by atoms with Crippen LogP contribution in [0.4, 0.5) is 0 Å². The van der Waals surface area contributed by atoms with Gasteiger partial charge in [-0.2, -0.15) is 0 Å². The largest absolute Gasteiger partial charge is 0.491 e. The van der Waals surface area contributed by atoms with E-state index in [2.05, 4.69) is 67.0 Å². The number of hydrogen-bond donors (Lipinski definition) is 2. The zero-order valence-electron chi connectivity index (χ0n) is 19.2. The second kappa shape index (κ2) is 11.9. The summed E-state index contributed by atoms with van der Waals surface area (Å²) in [5, 5.41) is 13.9. The Hall–Kier alpha value is -1.18. The average Bonchev–Trinajstić information content (AvgIpc) is 2.66. The van der Waals surface area contributed by atoms with E-state index in [1.165, 1.54) is 5.56 Å². The molecule has 0 aromatic heterocycles. The molecule has 166 valence electrons. The van der Waals surface area contributed by atoms with E-state index in [1.54, 1.807) is 0 Å². The summed E-state index contributed by atoms with van der Waals surface area (Å²) in [6.45, 7) is 15.9. The minimum atomic E-state index is -0.461. The lowest BCUT2D eigenvalue weighted by Crippen LogP contribution is -2.49. The van der Waals surface area contributed by atoms with Crippen molar-refractivity contribution in [3.8, 4) is 5.75 Å². The van der Waals surface area contributed by atoms with Crippen molar-refractivity contribution >= 4 is 0 Å². The van der Waals surface area contributed by atoms with Gasteiger partial charge in [0.05, 0.1) is 0 Å². The first-order valence-corrected chi connectivity index (χ1v) is 11.0. The molecular formula is C23H42N4O2. The summed E-state index contributed by atoms with van der Waals surface area (Å²) in [7, 11) is 4.23. The zero-order valence-corrected chi connectivity index (χ0v) is 19.2. The molecule has 1 heterocycles. The van der Waals surface area contributed by atoms with E-state index >= 15 is 0 Å². The molecule has 0 radical (unpaired) electrons. The van der Waals surface area contributed by atoms with E-state index < -0.39 is 6.10 Å². The van der Waals surface area contributed by atoms with E-state index in [1.807, 2.05) is 12.1 Å². The van der Waals surface area contributed by atoms with Gasteiger partial charge in [-0.25, -0.2) is 0 Å². The minimum absolute atomic E-state index is 0.227. The number of aliphatic hydroxyl groups is 1. The first kappa shape index (κ1) is 24.1. The fraction of sp³-hybridized carbons (Fsp3) is 0.739. The minimum Gasteiger partial charge on any atom is -0.491 e. The molecule has 1 atom stereocenters. The highest BCUT2D eigenvalue weighted by molar-refractivity contribution is 5.28. The molecule has 1 aliphatic rings. The second-order valence-electron chi connectivity index (χ2n) is 9.35. The summed E-state index contributed by atoms with van der Waals surface area (Å²) in [5.41, 5.74) is 1.43. The maximum absolute atomic E-state index is 10.4. The standard InChI is InChI=1S/C23H42N4O2/c1-6-26-10-12-27(13-11-26)16-21(28)17-29-22-9-7-8-20(14-22)15-24-18-23(2,3)19-25(4)5/h7-9,14,21,24,28H,6,10-13,15-19H2,1-5H3. The predicted octanol–water partition coefficient (Wildman–Crippen LogP) is 1.74. The maximum Gasteiger partial charge on any atom is 0.119 e. The number of β-amino-alcohol motifs (C(OH)–C–C–N with tert-alkyl or cyclic N) is 1. The van der Waals surface area contributed by atoms with Crippen LogP contribution in [0.5, 0.6) is 5.75 Å². The number of nitrogens with one attached hydrogen (secondary N) is 1. The van der Waals surface area contributed by atoms with Crippen LogP contribution in [0, 0.1) is 5.41 Å². The normalized spacial score (nSPS) is 17.6. The maximum atomic E-state index is 10.4. The van der Waals surface area contributed by atoms with Crippen LogP contribution in [-0.4, -0.2) is 99.0 Å². The number of likely N-dealkylation sites (N-methyl/N-ethyl adjacent to an activating group) is 1. The quantitative estimate of drug-likeness (QED) is 0.552. The summed E-state index contributed by atoms with van der Waals surface area (Å²) < 4.78 is 5.87. The number of aliphatic hydroxyl groups excluding tert-OH is 1. The highest BCUT2D eigenvalue weighted by atomic mass is 16.5. The van der Waals surface area contributed by atoms with Gasteiger partial charge in [0.15, 0.2) is 0 Å². The van der Waals surface area contributed by atoms with Crippen molar-refractivity contribution in [3.63, 3.8) is 0 Å². The molecule has 1 saturated heterocycles. The molecule has 2 rings (SSSR count). The number of rotatable bonds is 12. The summed E-state index contributed by atoms with van der Waals surface area (Å²) in [4.78, 5) is 7.00. The van der Waals surface area contributed by atoms with Crippen molar-refractivity contribution in [2.24, 2.45) is 5.41 Å². The third-order valence-electron chi connectivity index (χ3n) is 5.40. The van der Waals surface area contributed by atoms with Crippen molar-refractivity contribution in [1.29, 1.82) is 0 Å². The average molecular weight is 407 g/mol. The molecule has 0 spiro atoms. The van der Waals surface area contributed by atoms with Gasteiger partial charge in [0.1, 0.15) is 18.5 Å². The van der Waals surface area contributed by atoms with Crippen LogP contribution in [-0.2, 0) is 6.54 Å². The van der Waals surface area contributed by atoms with E-state index in [4.69, 9.17) is 4.74 Å². The molecule has 29 heavy (non-hydrogen) atoms. The van der Waals surface area contributed by atoms with E-state index in [-0.39, 0.29) is 5.41 Å². The lowest BCUT2D eigenvalue weighted by Gasteiger charge is -2.34. The molecule has 6 heteroatoms. The number of nitrogens with zero attached hydrogens (tertiary/aromatic N) is 3. The molecule has 0 aliphatic carbocycles. The Morgan fingerprint density at radius 3 is 2.52 bits per heavy atom. The fourth-order valence-corrected chi connectivity index (χ4v) is 4.03. The van der Waals surface area contributed by atoms with Gasteiger partial charge in [-0.15, -0.1) is 0 Å². The van der Waals surface area contributed by atoms with E-state index in [0.717, 1.165) is 58.1 Å². The van der Waals surface area contributed by atoms with Gasteiger partial charge in [0, 0.05) is 52.4 Å². The third-order valence-corrected chi connectivity index (χ3v) is 5.40. The van der Waals surface area contributed by atoms with Gasteiger partial charge >= 0.3 is 0 Å². The predicted molar refractivity (Wildman–Crippen MR) is 121 cm³/mol. The first-order chi connectivity index (χ1) is 13.8. The summed E-state index contributed by atoms with van der Waals surface area (Å²) in [6, 6.07) is 8.17. The lowest BCUT2D eigenvalue weighted by molar-refractivity contribution is 0.0471. The Morgan fingerprint density at radius 2 is 1.86 bits per heavy atom. The molecular weight excluding hydrogens is 364 g/mol. The molecule has 0 amide bonds. The second-order valence-corrected chi connectivity index (χ2v) is 9.35. The molecule has 0 bridgehead atoms. The van der Waals surface area contributed by atoms with E-state index in [9.17, 15) is 5.11 Å². The van der Waals surface area contributed by atoms with Crippen LogP contribution < -0.4 is 10.1 Å². The smallest absolute Gasteiger partial charge is 0.119 e. The van der Waals surface area contributed by atoms with Crippen molar-refractivity contribution in [3.05, 3.63) is 29.8 Å². The van der Waals surface area contributed by atoms with Crippen molar-refractivity contribution in [2.75, 3.05) is 73.1 Å². The number of benzene rings is 1. The molecule has 1 unspecified atom stereocenters. The molecule has 1 aromatic carbocycles. The topological polar surface area (TPSA) is 51.2 Å². The van der Waals surface area contributed by atoms with Crippen molar-refractivity contribution < 1.29 is 9.84 Å². The molecule has 0 saturated carbocycles. The zero-order chi connectivity index (χ0) is 21.3. The fourth-order valence-electron chi connectivity index (χ4n) is 4.03. The molecule has 6 nitrogen and oxygen atoms in total. The van der Waals surface area contributed by atoms with Gasteiger partial charge in [-0.1, -0.05) is 32.9 Å². The van der Waals surface area contributed by atoms with Crippen molar-refractivity contribution in [2.45, 2.75) is 33.4 Å². The monoisotopic (exact) mass is 406 g/mol. The number of piperazine rings is 1. The molecule has 1 fully saturated rings. The molecule has 1 aromatic rings. The van der Waals surface area contributed by atoms with Gasteiger partial charge in [-0.05, 0) is 43.8 Å². The SMILES string of the molecule is CCN1CCN(CC(O)COc2cccc(CNCC(C)(C)CN(C)C)c2)CC1. The summed E-state index contributed by atoms with van der Waals surface area (Å²) in [5.74, 6) is 0.826. The summed E-state index contributed by atoms with van der Waals surface area (Å²) in [6.07, 6.45) is -0.461. The highest BCUT2D eigenvalue weighted by Crippen LogP contribution is 2.16. The van der Waals surface area contributed by atoms with Crippen LogP contribution in [0.3, 0.4) is 0 Å². The molecule has 1 aliphatic heterocycles.